The molecule has 0 radical (unpaired) electrons. The first kappa shape index (κ1) is 10.2. The number of rotatable bonds is 3. The maximum absolute atomic E-state index is 10.5. The normalized spacial score (nSPS) is 12.1. The molecule has 1 rings (SSSR count). The van der Waals surface area contributed by atoms with Gasteiger partial charge in [0.05, 0.1) is 4.92 Å². The van der Waals surface area contributed by atoms with E-state index in [1.807, 2.05) is 0 Å². The molecule has 0 fully saturated rings. The summed E-state index contributed by atoms with van der Waals surface area (Å²) in [5, 5.41) is 19.6. The minimum Gasteiger partial charge on any atom is -0.502 e. The van der Waals surface area contributed by atoms with E-state index in [0.29, 0.717) is 5.56 Å². The number of hydrogen-bond acceptors (Lipinski definition) is 4. The van der Waals surface area contributed by atoms with Gasteiger partial charge >= 0.3 is 5.69 Å². The molecule has 5 heteroatoms. The van der Waals surface area contributed by atoms with Crippen LogP contribution in [0.3, 0.4) is 0 Å². The van der Waals surface area contributed by atoms with E-state index >= 15 is 0 Å². The summed E-state index contributed by atoms with van der Waals surface area (Å²) in [6.45, 7) is 3.48. The molecule has 14 heavy (non-hydrogen) atoms. The first-order valence-electron chi connectivity index (χ1n) is 3.91. The van der Waals surface area contributed by atoms with Crippen LogP contribution in [0.25, 0.3) is 0 Å². The topological polar surface area (TPSA) is 89.4 Å². The second-order valence-corrected chi connectivity index (χ2v) is 2.77. The summed E-state index contributed by atoms with van der Waals surface area (Å²) in [5.74, 6) is -0.366. The third-order valence-electron chi connectivity index (χ3n) is 1.84. The van der Waals surface area contributed by atoms with Gasteiger partial charge in [0.1, 0.15) is 0 Å². The van der Waals surface area contributed by atoms with Gasteiger partial charge in [-0.2, -0.15) is 0 Å². The zero-order valence-corrected chi connectivity index (χ0v) is 7.38. The Morgan fingerprint density at radius 1 is 1.64 bits per heavy atom. The van der Waals surface area contributed by atoms with Crippen molar-refractivity contribution in [3.05, 3.63) is 46.5 Å². The van der Waals surface area contributed by atoms with E-state index in [1.54, 1.807) is 0 Å². The molecule has 1 unspecified atom stereocenters. The number of nitrogens with zero attached hydrogens (tertiary/aromatic N) is 1. The third-order valence-corrected chi connectivity index (χ3v) is 1.84. The fourth-order valence-corrected chi connectivity index (χ4v) is 1.03. The molecule has 0 aromatic heterocycles. The predicted octanol–water partition coefficient (Wildman–Crippen LogP) is 1.49. The van der Waals surface area contributed by atoms with E-state index < -0.39 is 11.0 Å². The molecule has 0 amide bonds. The van der Waals surface area contributed by atoms with Crippen LogP contribution in [0.4, 0.5) is 5.69 Å². The summed E-state index contributed by atoms with van der Waals surface area (Å²) in [6, 6.07) is 3.54. The Kier molecular flexibility index (Phi) is 2.83. The summed E-state index contributed by atoms with van der Waals surface area (Å²) in [5.41, 5.74) is 5.79. The van der Waals surface area contributed by atoms with Crippen molar-refractivity contribution in [3.63, 3.8) is 0 Å². The van der Waals surface area contributed by atoms with Crippen LogP contribution >= 0.6 is 0 Å². The molecule has 1 aromatic carbocycles. The van der Waals surface area contributed by atoms with Gasteiger partial charge < -0.3 is 10.8 Å². The second-order valence-electron chi connectivity index (χ2n) is 2.77. The highest BCUT2D eigenvalue weighted by molar-refractivity contribution is 5.48. The van der Waals surface area contributed by atoms with Gasteiger partial charge in [-0.25, -0.2) is 0 Å². The maximum Gasteiger partial charge on any atom is 0.311 e. The molecule has 0 saturated carbocycles. The Bertz CT molecular complexity index is 376. The van der Waals surface area contributed by atoms with Crippen LogP contribution in [-0.2, 0) is 0 Å². The smallest absolute Gasteiger partial charge is 0.311 e. The number of hydrogen-bond donors (Lipinski definition) is 2. The lowest BCUT2D eigenvalue weighted by atomic mass is 10.1. The van der Waals surface area contributed by atoms with Gasteiger partial charge in [0, 0.05) is 12.1 Å². The van der Waals surface area contributed by atoms with Crippen molar-refractivity contribution in [2.24, 2.45) is 5.73 Å². The van der Waals surface area contributed by atoms with Crippen LogP contribution in [0.2, 0.25) is 0 Å². The first-order chi connectivity index (χ1) is 6.56. The molecule has 0 bridgehead atoms. The van der Waals surface area contributed by atoms with Crippen molar-refractivity contribution in [1.29, 1.82) is 0 Å². The SMILES string of the molecule is C=CC(N)c1ccc(O)c([N+](=O)[O-])c1. The molecule has 0 spiro atoms. The zero-order chi connectivity index (χ0) is 10.7. The van der Waals surface area contributed by atoms with Crippen LogP contribution < -0.4 is 5.73 Å². The lowest BCUT2D eigenvalue weighted by Gasteiger charge is -2.06. The van der Waals surface area contributed by atoms with Gasteiger partial charge in [-0.15, -0.1) is 6.58 Å². The highest BCUT2D eigenvalue weighted by atomic mass is 16.6. The summed E-state index contributed by atoms with van der Waals surface area (Å²) in [7, 11) is 0. The standard InChI is InChI=1S/C9H10N2O3/c1-2-7(10)6-3-4-9(12)8(5-6)11(13)14/h2-5,7,12H,1,10H2. The van der Waals surface area contributed by atoms with Crippen LogP contribution in [0.15, 0.2) is 30.9 Å². The molecule has 0 aliphatic rings. The molecule has 5 nitrogen and oxygen atoms in total. The van der Waals surface area contributed by atoms with Crippen LogP contribution in [0, 0.1) is 10.1 Å². The number of phenolic OH excluding ortho intramolecular Hbond substituents is 1. The molecule has 1 atom stereocenters. The van der Waals surface area contributed by atoms with Gasteiger partial charge in [0.2, 0.25) is 0 Å². The number of benzene rings is 1. The van der Waals surface area contributed by atoms with Crippen molar-refractivity contribution in [3.8, 4) is 5.75 Å². The van der Waals surface area contributed by atoms with Gasteiger partial charge in [-0.3, -0.25) is 10.1 Å². The van der Waals surface area contributed by atoms with Crippen molar-refractivity contribution in [1.82, 2.24) is 0 Å². The van der Waals surface area contributed by atoms with E-state index in [2.05, 4.69) is 6.58 Å². The number of aromatic hydroxyl groups is 1. The Morgan fingerprint density at radius 2 is 2.29 bits per heavy atom. The van der Waals surface area contributed by atoms with E-state index in [-0.39, 0.29) is 11.4 Å². The highest BCUT2D eigenvalue weighted by Crippen LogP contribution is 2.28. The first-order valence-corrected chi connectivity index (χ1v) is 3.91. The molecule has 74 valence electrons. The monoisotopic (exact) mass is 194 g/mol. The Morgan fingerprint density at radius 3 is 2.79 bits per heavy atom. The Hall–Kier alpha value is -1.88. The molecule has 1 aromatic rings. The number of phenols is 1. The highest BCUT2D eigenvalue weighted by Gasteiger charge is 2.15. The fourth-order valence-electron chi connectivity index (χ4n) is 1.03. The molecule has 0 aliphatic heterocycles. The second kappa shape index (κ2) is 3.89. The summed E-state index contributed by atoms with van der Waals surface area (Å²) in [6.07, 6.45) is 1.47. The lowest BCUT2D eigenvalue weighted by molar-refractivity contribution is -0.385. The number of nitro groups is 1. The summed E-state index contributed by atoms with van der Waals surface area (Å²) >= 11 is 0. The average molecular weight is 194 g/mol. The number of nitrogens with two attached hydrogens (primary N) is 1. The van der Waals surface area contributed by atoms with Gasteiger partial charge in [0.25, 0.3) is 0 Å². The molecule has 0 heterocycles. The van der Waals surface area contributed by atoms with E-state index in [1.165, 1.54) is 24.3 Å². The van der Waals surface area contributed by atoms with Crippen LogP contribution in [0.1, 0.15) is 11.6 Å². The average Bonchev–Trinajstić information content (AvgIpc) is 2.17. The Labute approximate surface area is 80.6 Å². The summed E-state index contributed by atoms with van der Waals surface area (Å²) < 4.78 is 0. The van der Waals surface area contributed by atoms with Gasteiger partial charge in [-0.1, -0.05) is 12.1 Å². The lowest BCUT2D eigenvalue weighted by Crippen LogP contribution is -2.06. The minimum atomic E-state index is -0.658. The molecule has 3 N–H and O–H groups in total. The van der Waals surface area contributed by atoms with Crippen molar-refractivity contribution in [2.45, 2.75) is 6.04 Å². The minimum absolute atomic E-state index is 0.347. The van der Waals surface area contributed by atoms with E-state index in [0.717, 1.165) is 0 Å². The quantitative estimate of drug-likeness (QED) is 0.433. The molecule has 0 aliphatic carbocycles. The molecular formula is C9H10N2O3. The fraction of sp³-hybridized carbons (Fsp3) is 0.111. The van der Waals surface area contributed by atoms with Crippen molar-refractivity contribution in [2.75, 3.05) is 0 Å². The van der Waals surface area contributed by atoms with Crippen molar-refractivity contribution < 1.29 is 10.0 Å². The van der Waals surface area contributed by atoms with Crippen LogP contribution in [0.5, 0.6) is 5.75 Å². The largest absolute Gasteiger partial charge is 0.502 e. The van der Waals surface area contributed by atoms with Gasteiger partial charge in [-0.05, 0) is 11.6 Å². The van der Waals surface area contributed by atoms with Gasteiger partial charge in [0.15, 0.2) is 5.75 Å². The van der Waals surface area contributed by atoms with Crippen LogP contribution in [-0.4, -0.2) is 10.0 Å². The third kappa shape index (κ3) is 1.89. The van der Waals surface area contributed by atoms with E-state index in [4.69, 9.17) is 10.8 Å². The number of nitro benzene ring substituents is 1. The molecular weight excluding hydrogens is 184 g/mol. The predicted molar refractivity (Wildman–Crippen MR) is 51.9 cm³/mol. The van der Waals surface area contributed by atoms with E-state index in [9.17, 15) is 10.1 Å². The molecule has 0 saturated heterocycles. The Balaban J connectivity index is 3.19. The summed E-state index contributed by atoms with van der Waals surface area (Å²) in [4.78, 5) is 9.81. The zero-order valence-electron chi connectivity index (χ0n) is 7.38. The van der Waals surface area contributed by atoms with Crippen molar-refractivity contribution >= 4 is 5.69 Å². The maximum atomic E-state index is 10.5.